The van der Waals surface area contributed by atoms with E-state index in [2.05, 4.69) is 15.5 Å². The highest BCUT2D eigenvalue weighted by atomic mass is 19.4. The van der Waals surface area contributed by atoms with Crippen molar-refractivity contribution in [1.29, 1.82) is 0 Å². The minimum Gasteiger partial charge on any atom is -0.294 e. The number of ketones is 1. The summed E-state index contributed by atoms with van der Waals surface area (Å²) in [7, 11) is 0. The Balaban J connectivity index is 2.05. The van der Waals surface area contributed by atoms with E-state index in [0.29, 0.717) is 28.8 Å². The molecule has 0 fully saturated rings. The maximum absolute atomic E-state index is 12.9. The summed E-state index contributed by atoms with van der Waals surface area (Å²) in [5, 5.41) is 11.1. The van der Waals surface area contributed by atoms with Crippen molar-refractivity contribution in [3.8, 4) is 16.8 Å². The van der Waals surface area contributed by atoms with Crippen molar-refractivity contribution in [3.05, 3.63) is 59.9 Å². The number of hydrogen-bond acceptors (Lipinski definition) is 4. The van der Waals surface area contributed by atoms with E-state index in [4.69, 9.17) is 0 Å². The average molecular weight is 402 g/mol. The van der Waals surface area contributed by atoms with Gasteiger partial charge in [0.25, 0.3) is 0 Å². The molecule has 0 aliphatic rings. The van der Waals surface area contributed by atoms with Crippen molar-refractivity contribution < 1.29 is 18.0 Å². The normalized spacial score (nSPS) is 12.2. The Labute approximate surface area is 166 Å². The van der Waals surface area contributed by atoms with E-state index in [1.54, 1.807) is 18.2 Å². The predicted molar refractivity (Wildman–Crippen MR) is 103 cm³/mol. The highest BCUT2D eigenvalue weighted by Gasteiger charge is 2.30. The van der Waals surface area contributed by atoms with Crippen LogP contribution in [0.2, 0.25) is 0 Å². The van der Waals surface area contributed by atoms with Gasteiger partial charge >= 0.3 is 6.18 Å². The number of halogens is 3. The van der Waals surface area contributed by atoms with Crippen LogP contribution in [-0.2, 0) is 6.18 Å². The molecule has 0 atom stereocenters. The van der Waals surface area contributed by atoms with E-state index in [0.717, 1.165) is 18.6 Å². The van der Waals surface area contributed by atoms with Gasteiger partial charge in [0, 0.05) is 12.0 Å². The molecule has 3 aromatic rings. The first kappa shape index (κ1) is 20.7. The molecular formula is C21H21F3N4O. The number of nitrogens with zero attached hydrogens (tertiary/aromatic N) is 4. The van der Waals surface area contributed by atoms with Crippen LogP contribution in [0.1, 0.15) is 49.5 Å². The Hall–Kier alpha value is -3.03. The van der Waals surface area contributed by atoms with Gasteiger partial charge in [-0.25, -0.2) is 4.68 Å². The molecule has 29 heavy (non-hydrogen) atoms. The van der Waals surface area contributed by atoms with Crippen molar-refractivity contribution in [1.82, 2.24) is 20.2 Å². The second-order valence-electron chi connectivity index (χ2n) is 7.72. The second kappa shape index (κ2) is 7.77. The number of alkyl halides is 3. The molecule has 2 aromatic carbocycles. The standard InChI is InChI=1S/C21H21F3N4O/c1-4-20(2,3)12-19(29)16-9-15(10-18(11-16)28-13-25-26-27-28)14-5-7-17(8-6-14)21(22,23)24/h5-11,13H,4,12H2,1-3H3. The Morgan fingerprint density at radius 1 is 1.03 bits per heavy atom. The Morgan fingerprint density at radius 3 is 2.28 bits per heavy atom. The molecule has 0 spiro atoms. The second-order valence-corrected chi connectivity index (χ2v) is 7.72. The van der Waals surface area contributed by atoms with Gasteiger partial charge in [-0.1, -0.05) is 39.3 Å². The number of tetrazole rings is 1. The predicted octanol–water partition coefficient (Wildman–Crippen LogP) is 5.36. The lowest BCUT2D eigenvalue weighted by Gasteiger charge is -2.21. The number of rotatable bonds is 6. The molecule has 0 saturated heterocycles. The fourth-order valence-corrected chi connectivity index (χ4v) is 2.86. The highest BCUT2D eigenvalue weighted by molar-refractivity contribution is 5.98. The Kier molecular flexibility index (Phi) is 5.55. The Bertz CT molecular complexity index is 994. The zero-order chi connectivity index (χ0) is 21.2. The fraction of sp³-hybridized carbons (Fsp3) is 0.333. The monoisotopic (exact) mass is 402 g/mol. The van der Waals surface area contributed by atoms with Crippen LogP contribution in [0.5, 0.6) is 0 Å². The van der Waals surface area contributed by atoms with Gasteiger partial charge in [-0.15, -0.1) is 5.10 Å². The summed E-state index contributed by atoms with van der Waals surface area (Å²) in [6.45, 7) is 6.07. The van der Waals surface area contributed by atoms with Gasteiger partial charge in [0.15, 0.2) is 5.78 Å². The largest absolute Gasteiger partial charge is 0.416 e. The van der Waals surface area contributed by atoms with Gasteiger partial charge in [-0.05, 0) is 57.3 Å². The Morgan fingerprint density at radius 2 is 1.72 bits per heavy atom. The molecule has 152 valence electrons. The van der Waals surface area contributed by atoms with Crippen LogP contribution in [0, 0.1) is 5.41 Å². The first-order valence-electron chi connectivity index (χ1n) is 9.18. The molecule has 0 saturated carbocycles. The summed E-state index contributed by atoms with van der Waals surface area (Å²) in [6.07, 6.45) is -1.80. The van der Waals surface area contributed by atoms with Crippen LogP contribution in [0.3, 0.4) is 0 Å². The molecule has 3 rings (SSSR count). The summed E-state index contributed by atoms with van der Waals surface area (Å²) in [4.78, 5) is 12.9. The summed E-state index contributed by atoms with van der Waals surface area (Å²) < 4.78 is 40.0. The third kappa shape index (κ3) is 4.88. The summed E-state index contributed by atoms with van der Waals surface area (Å²) in [5.41, 5.74) is 1.33. The molecule has 0 aliphatic carbocycles. The molecule has 8 heteroatoms. The van der Waals surface area contributed by atoms with Crippen LogP contribution in [0.4, 0.5) is 13.2 Å². The van der Waals surface area contributed by atoms with E-state index >= 15 is 0 Å². The van der Waals surface area contributed by atoms with Gasteiger partial charge in [0.2, 0.25) is 0 Å². The zero-order valence-corrected chi connectivity index (χ0v) is 16.4. The van der Waals surface area contributed by atoms with E-state index < -0.39 is 11.7 Å². The van der Waals surface area contributed by atoms with Crippen molar-refractivity contribution in [2.24, 2.45) is 5.41 Å². The lowest BCUT2D eigenvalue weighted by Crippen LogP contribution is -2.16. The zero-order valence-electron chi connectivity index (χ0n) is 16.4. The molecule has 0 amide bonds. The molecule has 1 aromatic heterocycles. The van der Waals surface area contributed by atoms with Crippen LogP contribution in [0.15, 0.2) is 48.8 Å². The number of carbonyl (C=O) groups excluding carboxylic acids is 1. The summed E-state index contributed by atoms with van der Waals surface area (Å²) >= 11 is 0. The molecule has 0 radical (unpaired) electrons. The maximum atomic E-state index is 12.9. The number of aromatic nitrogens is 4. The van der Waals surface area contributed by atoms with E-state index in [1.165, 1.54) is 23.1 Å². The summed E-state index contributed by atoms with van der Waals surface area (Å²) in [5.74, 6) is -0.0417. The lowest BCUT2D eigenvalue weighted by molar-refractivity contribution is -0.137. The van der Waals surface area contributed by atoms with Crippen LogP contribution in [0.25, 0.3) is 16.8 Å². The molecule has 0 bridgehead atoms. The SMILES string of the molecule is CCC(C)(C)CC(=O)c1cc(-c2ccc(C(F)(F)F)cc2)cc(-n2cnnn2)c1. The lowest BCUT2D eigenvalue weighted by atomic mass is 9.83. The molecule has 5 nitrogen and oxygen atoms in total. The first-order chi connectivity index (χ1) is 13.6. The average Bonchev–Trinajstić information content (AvgIpc) is 3.21. The summed E-state index contributed by atoms with van der Waals surface area (Å²) in [6, 6.07) is 9.97. The molecule has 0 unspecified atom stereocenters. The van der Waals surface area contributed by atoms with Gasteiger partial charge in [-0.3, -0.25) is 4.79 Å². The number of benzene rings is 2. The quantitative estimate of drug-likeness (QED) is 0.521. The number of carbonyl (C=O) groups is 1. The van der Waals surface area contributed by atoms with Crippen molar-refractivity contribution in [2.75, 3.05) is 0 Å². The van der Waals surface area contributed by atoms with Crippen LogP contribution >= 0.6 is 0 Å². The number of Topliss-reactive ketones (excluding diaryl/α,β-unsaturated/α-hetero) is 1. The van der Waals surface area contributed by atoms with Crippen molar-refractivity contribution in [2.45, 2.75) is 39.8 Å². The van der Waals surface area contributed by atoms with Gasteiger partial charge in [-0.2, -0.15) is 13.2 Å². The number of hydrogen-bond donors (Lipinski definition) is 0. The third-order valence-corrected chi connectivity index (χ3v) is 5.00. The third-order valence-electron chi connectivity index (χ3n) is 5.00. The van der Waals surface area contributed by atoms with Gasteiger partial charge < -0.3 is 0 Å². The minimum absolute atomic E-state index is 0.0417. The smallest absolute Gasteiger partial charge is 0.294 e. The highest BCUT2D eigenvalue weighted by Crippen LogP contribution is 2.33. The van der Waals surface area contributed by atoms with E-state index in [9.17, 15) is 18.0 Å². The molecular weight excluding hydrogens is 381 g/mol. The van der Waals surface area contributed by atoms with Crippen LogP contribution < -0.4 is 0 Å². The fourth-order valence-electron chi connectivity index (χ4n) is 2.86. The molecule has 0 aliphatic heterocycles. The first-order valence-corrected chi connectivity index (χ1v) is 9.18. The van der Waals surface area contributed by atoms with Gasteiger partial charge in [0.05, 0.1) is 11.3 Å². The molecule has 0 N–H and O–H groups in total. The van der Waals surface area contributed by atoms with Crippen LogP contribution in [-0.4, -0.2) is 26.0 Å². The maximum Gasteiger partial charge on any atom is 0.416 e. The van der Waals surface area contributed by atoms with Crippen molar-refractivity contribution >= 4 is 5.78 Å². The minimum atomic E-state index is -4.40. The van der Waals surface area contributed by atoms with E-state index in [-0.39, 0.29) is 11.2 Å². The topological polar surface area (TPSA) is 60.7 Å². The van der Waals surface area contributed by atoms with E-state index in [1.807, 2.05) is 20.8 Å². The van der Waals surface area contributed by atoms with Gasteiger partial charge in [0.1, 0.15) is 6.33 Å². The molecule has 1 heterocycles. The van der Waals surface area contributed by atoms with Crippen molar-refractivity contribution in [3.63, 3.8) is 0 Å².